The van der Waals surface area contributed by atoms with Crippen LogP contribution in [0.15, 0.2) is 11.1 Å². The second-order valence-electron chi connectivity index (χ2n) is 2.65. The predicted molar refractivity (Wildman–Crippen MR) is 51.4 cm³/mol. The lowest BCUT2D eigenvalue weighted by Gasteiger charge is -2.09. The number of nitriles is 1. The molecule has 0 aliphatic rings. The molecule has 0 spiro atoms. The van der Waals surface area contributed by atoms with Crippen molar-refractivity contribution in [3.05, 3.63) is 17.5 Å². The fourth-order valence-corrected chi connectivity index (χ4v) is 2.04. The Bertz CT molecular complexity index is 568. The molecule has 0 aliphatic carbocycles. The first-order valence-corrected chi connectivity index (χ1v) is 6.01. The summed E-state index contributed by atoms with van der Waals surface area (Å²) in [6.07, 6.45) is -2.59. The zero-order chi connectivity index (χ0) is 12.5. The molecule has 0 unspecified atom stereocenters. The van der Waals surface area contributed by atoms with Crippen LogP contribution in [0.5, 0.6) is 0 Å². The van der Waals surface area contributed by atoms with Gasteiger partial charge in [0.2, 0.25) is 0 Å². The van der Waals surface area contributed by atoms with Crippen LogP contribution in [0.25, 0.3) is 0 Å². The van der Waals surface area contributed by atoms with E-state index in [-0.39, 0.29) is 0 Å². The van der Waals surface area contributed by atoms with Crippen molar-refractivity contribution in [1.29, 1.82) is 5.26 Å². The van der Waals surface area contributed by atoms with Crippen LogP contribution in [0.3, 0.4) is 0 Å². The van der Waals surface area contributed by atoms with Gasteiger partial charge < -0.3 is 5.73 Å². The van der Waals surface area contributed by atoms with Crippen LogP contribution in [-0.4, -0.2) is 13.4 Å². The van der Waals surface area contributed by atoms with Crippen LogP contribution in [0.4, 0.5) is 14.5 Å². The Balaban J connectivity index is 3.69. The summed E-state index contributed by atoms with van der Waals surface area (Å²) in [5, 5.41) is 8.50. The summed E-state index contributed by atoms with van der Waals surface area (Å²) in [5.74, 6) is 0. The molecule has 86 valence electrons. The Morgan fingerprint density at radius 2 is 2.12 bits per heavy atom. The average Bonchev–Trinajstić information content (AvgIpc) is 2.15. The molecule has 0 saturated carbocycles. The molecule has 0 fully saturated rings. The van der Waals surface area contributed by atoms with E-state index in [4.69, 9.17) is 21.7 Å². The molecule has 16 heavy (non-hydrogen) atoms. The van der Waals surface area contributed by atoms with Crippen molar-refractivity contribution in [3.8, 4) is 6.07 Å². The lowest BCUT2D eigenvalue weighted by atomic mass is 10.2. The number of hydrogen-bond donors (Lipinski definition) is 1. The zero-order valence-electron chi connectivity index (χ0n) is 7.49. The van der Waals surface area contributed by atoms with Crippen molar-refractivity contribution < 1.29 is 17.2 Å². The van der Waals surface area contributed by atoms with Gasteiger partial charge in [0.25, 0.3) is 15.5 Å². The number of aromatic nitrogens is 1. The molecule has 0 saturated heterocycles. The van der Waals surface area contributed by atoms with Gasteiger partial charge in [-0.15, -0.1) is 0 Å². The summed E-state index contributed by atoms with van der Waals surface area (Å²) in [6.45, 7) is 0. The van der Waals surface area contributed by atoms with E-state index in [1.54, 1.807) is 0 Å². The van der Waals surface area contributed by atoms with Gasteiger partial charge in [-0.25, -0.2) is 22.2 Å². The van der Waals surface area contributed by atoms with Crippen LogP contribution in [0.1, 0.15) is 17.7 Å². The second-order valence-corrected chi connectivity index (χ2v) is 5.18. The highest BCUT2D eigenvalue weighted by atomic mass is 35.7. The number of nitrogen functional groups attached to an aromatic ring is 1. The van der Waals surface area contributed by atoms with Crippen LogP contribution in [0.2, 0.25) is 0 Å². The summed E-state index contributed by atoms with van der Waals surface area (Å²) < 4.78 is 47.1. The Kier molecular flexibility index (Phi) is 3.30. The molecule has 9 heteroatoms. The van der Waals surface area contributed by atoms with Gasteiger partial charge in [-0.1, -0.05) is 0 Å². The molecular formula is C7H4ClF2N3O2S. The van der Waals surface area contributed by atoms with Gasteiger partial charge in [-0.05, 0) is 0 Å². The second kappa shape index (κ2) is 4.19. The van der Waals surface area contributed by atoms with E-state index in [1.807, 2.05) is 0 Å². The molecule has 5 nitrogen and oxygen atoms in total. The summed E-state index contributed by atoms with van der Waals surface area (Å²) in [4.78, 5) is 2.43. The Hall–Kier alpha value is -1.46. The molecule has 0 aliphatic heterocycles. The molecule has 0 aromatic carbocycles. The van der Waals surface area contributed by atoms with Crippen molar-refractivity contribution in [2.45, 2.75) is 11.3 Å². The number of rotatable bonds is 2. The zero-order valence-corrected chi connectivity index (χ0v) is 9.06. The molecule has 2 N–H and O–H groups in total. The van der Waals surface area contributed by atoms with E-state index >= 15 is 0 Å². The largest absolute Gasteiger partial charge is 0.396 e. The molecule has 1 rings (SSSR count). The van der Waals surface area contributed by atoms with Gasteiger partial charge in [0.05, 0.1) is 11.3 Å². The number of alkyl halides is 2. The van der Waals surface area contributed by atoms with E-state index in [2.05, 4.69) is 4.98 Å². The third-order valence-corrected chi connectivity index (χ3v) is 3.06. The minimum Gasteiger partial charge on any atom is -0.396 e. The van der Waals surface area contributed by atoms with Crippen LogP contribution in [0, 0.1) is 11.3 Å². The number of hydrogen-bond acceptors (Lipinski definition) is 5. The van der Waals surface area contributed by atoms with E-state index in [0.717, 1.165) is 0 Å². The molecule has 0 bridgehead atoms. The monoisotopic (exact) mass is 267 g/mol. The quantitative estimate of drug-likeness (QED) is 0.817. The standard InChI is InChI=1S/C7H4ClF2N3O2S/c8-16(14,15)4-2-13-3(1-11)6(12)5(4)7(9)10/h2,7H,12H2. The minimum atomic E-state index is -4.39. The maximum absolute atomic E-state index is 12.6. The first-order valence-electron chi connectivity index (χ1n) is 3.70. The molecule has 0 atom stereocenters. The summed E-state index contributed by atoms with van der Waals surface area (Å²) in [7, 11) is 0.550. The highest BCUT2D eigenvalue weighted by Crippen LogP contribution is 2.33. The molecule has 0 radical (unpaired) electrons. The van der Waals surface area contributed by atoms with E-state index in [9.17, 15) is 17.2 Å². The maximum Gasteiger partial charge on any atom is 0.267 e. The minimum absolute atomic E-state index is 0.473. The fourth-order valence-electron chi connectivity index (χ4n) is 1.03. The molecule has 1 heterocycles. The molecule has 1 aromatic rings. The van der Waals surface area contributed by atoms with Crippen molar-refractivity contribution in [2.75, 3.05) is 5.73 Å². The normalized spacial score (nSPS) is 11.4. The van der Waals surface area contributed by atoms with E-state index in [0.29, 0.717) is 6.20 Å². The lowest BCUT2D eigenvalue weighted by Crippen LogP contribution is -2.07. The number of nitrogens with two attached hydrogens (primary N) is 1. The summed E-state index contributed by atoms with van der Waals surface area (Å²) in [5.41, 5.74) is 3.05. The number of pyridine rings is 1. The van der Waals surface area contributed by atoms with Crippen molar-refractivity contribution in [3.63, 3.8) is 0 Å². The SMILES string of the molecule is N#Cc1ncc(S(=O)(=O)Cl)c(C(F)F)c1N. The lowest BCUT2D eigenvalue weighted by molar-refractivity contribution is 0.148. The van der Waals surface area contributed by atoms with Crippen LogP contribution in [-0.2, 0) is 9.05 Å². The topological polar surface area (TPSA) is 96.8 Å². The van der Waals surface area contributed by atoms with Gasteiger partial charge in [0.1, 0.15) is 11.0 Å². The van der Waals surface area contributed by atoms with Gasteiger partial charge in [0, 0.05) is 16.9 Å². The van der Waals surface area contributed by atoms with E-state index < -0.39 is 37.3 Å². The maximum atomic E-state index is 12.6. The van der Waals surface area contributed by atoms with Crippen LogP contribution >= 0.6 is 10.7 Å². The van der Waals surface area contributed by atoms with Gasteiger partial charge in [-0.2, -0.15) is 5.26 Å². The Morgan fingerprint density at radius 3 is 2.50 bits per heavy atom. The number of anilines is 1. The smallest absolute Gasteiger partial charge is 0.267 e. The highest BCUT2D eigenvalue weighted by molar-refractivity contribution is 8.13. The van der Waals surface area contributed by atoms with Gasteiger partial charge in [0.15, 0.2) is 5.69 Å². The third kappa shape index (κ3) is 2.20. The first kappa shape index (κ1) is 12.6. The van der Waals surface area contributed by atoms with Gasteiger partial charge in [-0.3, -0.25) is 0 Å². The highest BCUT2D eigenvalue weighted by Gasteiger charge is 2.26. The Morgan fingerprint density at radius 1 is 1.56 bits per heavy atom. The van der Waals surface area contributed by atoms with Crippen molar-refractivity contribution in [2.24, 2.45) is 0 Å². The summed E-state index contributed by atoms with van der Waals surface area (Å²) >= 11 is 0. The average molecular weight is 268 g/mol. The Labute approximate surface area is 93.9 Å². The molecule has 0 amide bonds. The number of nitrogens with zero attached hydrogens (tertiary/aromatic N) is 2. The third-order valence-electron chi connectivity index (χ3n) is 1.71. The van der Waals surface area contributed by atoms with E-state index in [1.165, 1.54) is 6.07 Å². The van der Waals surface area contributed by atoms with Gasteiger partial charge >= 0.3 is 0 Å². The first-order chi connectivity index (χ1) is 7.29. The van der Waals surface area contributed by atoms with Crippen molar-refractivity contribution >= 4 is 25.4 Å². The summed E-state index contributed by atoms with van der Waals surface area (Å²) in [6, 6.07) is 1.46. The van der Waals surface area contributed by atoms with Crippen LogP contribution < -0.4 is 5.73 Å². The number of halogens is 3. The fraction of sp³-hybridized carbons (Fsp3) is 0.143. The molecular weight excluding hydrogens is 264 g/mol. The van der Waals surface area contributed by atoms with Crippen molar-refractivity contribution in [1.82, 2.24) is 4.98 Å². The molecule has 1 aromatic heterocycles. The predicted octanol–water partition coefficient (Wildman–Crippen LogP) is 1.40.